The van der Waals surface area contributed by atoms with E-state index < -0.39 is 0 Å². The third-order valence-corrected chi connectivity index (χ3v) is 3.51. The van der Waals surface area contributed by atoms with Gasteiger partial charge in [-0.1, -0.05) is 27.7 Å². The van der Waals surface area contributed by atoms with Gasteiger partial charge in [-0.15, -0.1) is 0 Å². The lowest BCUT2D eigenvalue weighted by molar-refractivity contribution is 0.0298. The Hall–Kier alpha value is -0.120. The van der Waals surface area contributed by atoms with Crippen LogP contribution in [0.5, 0.6) is 0 Å². The molecule has 0 atom stereocenters. The maximum absolute atomic E-state index is 5.41. The van der Waals surface area contributed by atoms with Crippen molar-refractivity contribution in [3.8, 4) is 0 Å². The van der Waals surface area contributed by atoms with Crippen LogP contribution in [0.4, 0.5) is 0 Å². The lowest BCUT2D eigenvalue weighted by Gasteiger charge is -2.37. The number of piperidine rings is 1. The van der Waals surface area contributed by atoms with E-state index in [1.807, 2.05) is 7.11 Å². The maximum Gasteiger partial charge on any atom is 0.0595 e. The third-order valence-electron chi connectivity index (χ3n) is 3.51. The topological polar surface area (TPSA) is 24.5 Å². The van der Waals surface area contributed by atoms with Crippen molar-refractivity contribution in [1.29, 1.82) is 0 Å². The van der Waals surface area contributed by atoms with Crippen molar-refractivity contribution < 1.29 is 4.74 Å². The van der Waals surface area contributed by atoms with E-state index in [1.54, 1.807) is 0 Å². The van der Waals surface area contributed by atoms with E-state index in [0.717, 1.165) is 6.54 Å². The number of ether oxygens (including phenoxy) is 1. The highest BCUT2D eigenvalue weighted by molar-refractivity contribution is 4.80. The molecule has 0 aromatic rings. The predicted molar refractivity (Wildman–Crippen MR) is 73.4 cm³/mol. The van der Waals surface area contributed by atoms with Crippen molar-refractivity contribution in [3.05, 3.63) is 0 Å². The monoisotopic (exact) mass is 242 g/mol. The normalized spacial score (nSPS) is 20.1. The molecule has 1 saturated heterocycles. The maximum atomic E-state index is 5.41. The molecule has 0 aromatic heterocycles. The average molecular weight is 242 g/mol. The smallest absolute Gasteiger partial charge is 0.0595 e. The Morgan fingerprint density at radius 2 is 1.88 bits per heavy atom. The van der Waals surface area contributed by atoms with Crippen molar-refractivity contribution in [2.45, 2.75) is 52.7 Å². The first-order chi connectivity index (χ1) is 7.93. The van der Waals surface area contributed by atoms with Crippen LogP contribution >= 0.6 is 0 Å². The Morgan fingerprint density at radius 3 is 2.35 bits per heavy atom. The second kappa shape index (κ2) is 6.72. The number of rotatable bonds is 6. The first kappa shape index (κ1) is 14.9. The number of likely N-dealkylation sites (tertiary alicyclic amines) is 1. The summed E-state index contributed by atoms with van der Waals surface area (Å²) in [5.41, 5.74) is 0.351. The van der Waals surface area contributed by atoms with Crippen LogP contribution in [-0.2, 0) is 4.74 Å². The molecule has 17 heavy (non-hydrogen) atoms. The summed E-state index contributed by atoms with van der Waals surface area (Å²) in [7, 11) is 1.83. The van der Waals surface area contributed by atoms with Crippen molar-refractivity contribution in [2.75, 3.05) is 33.3 Å². The number of hydrogen-bond acceptors (Lipinski definition) is 3. The largest absolute Gasteiger partial charge is 0.381 e. The van der Waals surface area contributed by atoms with Gasteiger partial charge >= 0.3 is 0 Å². The van der Waals surface area contributed by atoms with Crippen LogP contribution in [0, 0.1) is 5.41 Å². The highest BCUT2D eigenvalue weighted by atomic mass is 16.5. The molecule has 0 unspecified atom stereocenters. The van der Waals surface area contributed by atoms with Gasteiger partial charge in [0, 0.05) is 39.3 Å². The fraction of sp³-hybridized carbons (Fsp3) is 1.00. The summed E-state index contributed by atoms with van der Waals surface area (Å²) in [6, 6.07) is 0.577. The van der Waals surface area contributed by atoms with Crippen LogP contribution in [0.1, 0.15) is 40.5 Å². The number of nitrogens with one attached hydrogen (secondary N) is 1. The van der Waals surface area contributed by atoms with Crippen LogP contribution in [-0.4, -0.2) is 50.3 Å². The molecule has 1 fully saturated rings. The van der Waals surface area contributed by atoms with Crippen LogP contribution < -0.4 is 5.32 Å². The summed E-state index contributed by atoms with van der Waals surface area (Å²) in [5.74, 6) is 0. The molecule has 1 aliphatic heterocycles. The van der Waals surface area contributed by atoms with E-state index in [1.165, 1.54) is 32.5 Å². The molecule has 1 aliphatic rings. The molecule has 102 valence electrons. The lowest BCUT2D eigenvalue weighted by atomic mass is 9.91. The first-order valence-electron chi connectivity index (χ1n) is 6.91. The zero-order valence-corrected chi connectivity index (χ0v) is 12.3. The van der Waals surface area contributed by atoms with Crippen molar-refractivity contribution in [3.63, 3.8) is 0 Å². The zero-order chi connectivity index (χ0) is 12.9. The number of hydrogen-bond donors (Lipinski definition) is 1. The van der Waals surface area contributed by atoms with Gasteiger partial charge in [0.05, 0.1) is 6.10 Å². The van der Waals surface area contributed by atoms with Crippen molar-refractivity contribution in [1.82, 2.24) is 10.2 Å². The molecule has 1 rings (SSSR count). The summed E-state index contributed by atoms with van der Waals surface area (Å²) in [5, 5.41) is 3.54. The van der Waals surface area contributed by atoms with Gasteiger partial charge in [-0.3, -0.25) is 0 Å². The van der Waals surface area contributed by atoms with Crippen LogP contribution in [0.2, 0.25) is 0 Å². The average Bonchev–Trinajstić information content (AvgIpc) is 2.27. The minimum atomic E-state index is 0.351. The summed E-state index contributed by atoms with van der Waals surface area (Å²) >= 11 is 0. The van der Waals surface area contributed by atoms with E-state index in [0.29, 0.717) is 17.6 Å². The molecule has 0 amide bonds. The molecule has 3 nitrogen and oxygen atoms in total. The van der Waals surface area contributed by atoms with Crippen molar-refractivity contribution >= 4 is 0 Å². The molecule has 0 bridgehead atoms. The fourth-order valence-corrected chi connectivity index (χ4v) is 2.44. The molecule has 0 aliphatic carbocycles. The lowest BCUT2D eigenvalue weighted by Crippen LogP contribution is -2.45. The minimum Gasteiger partial charge on any atom is -0.381 e. The molecule has 1 N–H and O–H groups in total. The summed E-state index contributed by atoms with van der Waals surface area (Å²) in [6.45, 7) is 13.8. The van der Waals surface area contributed by atoms with E-state index in [4.69, 9.17) is 4.74 Å². The zero-order valence-electron chi connectivity index (χ0n) is 12.3. The van der Waals surface area contributed by atoms with Crippen LogP contribution in [0.25, 0.3) is 0 Å². The molecule has 0 spiro atoms. The van der Waals surface area contributed by atoms with Crippen LogP contribution in [0.3, 0.4) is 0 Å². The highest BCUT2D eigenvalue weighted by Crippen LogP contribution is 2.20. The van der Waals surface area contributed by atoms with Gasteiger partial charge in [-0.25, -0.2) is 0 Å². The Kier molecular flexibility index (Phi) is 5.90. The first-order valence-corrected chi connectivity index (χ1v) is 6.91. The van der Waals surface area contributed by atoms with Gasteiger partial charge in [-0.05, 0) is 18.3 Å². The summed E-state index contributed by atoms with van der Waals surface area (Å²) < 4.78 is 5.41. The quantitative estimate of drug-likeness (QED) is 0.772. The fourth-order valence-electron chi connectivity index (χ4n) is 2.44. The van der Waals surface area contributed by atoms with Gasteiger partial charge in [0.1, 0.15) is 0 Å². The SMILES string of the molecule is COC1CCN(CC(C)(C)CNC(C)C)CC1. The predicted octanol–water partition coefficient (Wildman–Crippen LogP) is 2.12. The summed E-state index contributed by atoms with van der Waals surface area (Å²) in [4.78, 5) is 2.58. The molecule has 0 saturated carbocycles. The van der Waals surface area contributed by atoms with Gasteiger partial charge in [0.2, 0.25) is 0 Å². The molecular weight excluding hydrogens is 212 g/mol. The van der Waals surface area contributed by atoms with Gasteiger partial charge < -0.3 is 15.0 Å². The summed E-state index contributed by atoms with van der Waals surface area (Å²) in [6.07, 6.45) is 2.86. The molecule has 1 heterocycles. The Morgan fingerprint density at radius 1 is 1.29 bits per heavy atom. The van der Waals surface area contributed by atoms with Gasteiger partial charge in [0.15, 0.2) is 0 Å². The second-order valence-electron chi connectivity index (χ2n) is 6.41. The van der Waals surface area contributed by atoms with Crippen LogP contribution in [0.15, 0.2) is 0 Å². The molecule has 0 radical (unpaired) electrons. The van der Waals surface area contributed by atoms with Crippen molar-refractivity contribution in [2.24, 2.45) is 5.41 Å². The van der Waals surface area contributed by atoms with Gasteiger partial charge in [0.25, 0.3) is 0 Å². The van der Waals surface area contributed by atoms with E-state index in [2.05, 4.69) is 37.9 Å². The van der Waals surface area contributed by atoms with E-state index in [-0.39, 0.29) is 0 Å². The van der Waals surface area contributed by atoms with E-state index in [9.17, 15) is 0 Å². The third kappa shape index (κ3) is 5.84. The number of methoxy groups -OCH3 is 1. The molecule has 3 heteroatoms. The number of nitrogens with zero attached hydrogens (tertiary/aromatic N) is 1. The standard InChI is InChI=1S/C14H30N2O/c1-12(2)15-10-14(3,4)11-16-8-6-13(17-5)7-9-16/h12-13,15H,6-11H2,1-5H3. The highest BCUT2D eigenvalue weighted by Gasteiger charge is 2.25. The molecular formula is C14H30N2O. The Bertz CT molecular complexity index is 208. The minimum absolute atomic E-state index is 0.351. The second-order valence-corrected chi connectivity index (χ2v) is 6.41. The molecule has 0 aromatic carbocycles. The van der Waals surface area contributed by atoms with E-state index >= 15 is 0 Å². The van der Waals surface area contributed by atoms with Gasteiger partial charge in [-0.2, -0.15) is 0 Å². The Labute approximate surface area is 107 Å². The Balaban J connectivity index is 2.28.